The van der Waals surface area contributed by atoms with E-state index in [1.165, 1.54) is 4.31 Å². The third-order valence-electron chi connectivity index (χ3n) is 3.51. The van der Waals surface area contributed by atoms with Gasteiger partial charge in [0, 0.05) is 32.7 Å². The Kier molecular flexibility index (Phi) is 5.57. The lowest BCUT2D eigenvalue weighted by Gasteiger charge is -2.33. The van der Waals surface area contributed by atoms with Crippen LogP contribution in [0.2, 0.25) is 0 Å². The van der Waals surface area contributed by atoms with Gasteiger partial charge in [-0.3, -0.25) is 0 Å². The van der Waals surface area contributed by atoms with Crippen LogP contribution in [0.4, 0.5) is 4.79 Å². The van der Waals surface area contributed by atoms with Crippen molar-refractivity contribution in [3.05, 3.63) is 48.6 Å². The average Bonchev–Trinajstić information content (AvgIpc) is 2.53. The molecule has 2 rings (SSSR count). The van der Waals surface area contributed by atoms with E-state index in [2.05, 4.69) is 11.9 Å². The molecule has 0 spiro atoms. The number of hydrogen-bond acceptors (Lipinski definition) is 3. The summed E-state index contributed by atoms with van der Waals surface area (Å²) in [6.07, 6.45) is 1.61. The molecule has 6 nitrogen and oxygen atoms in total. The van der Waals surface area contributed by atoms with Crippen molar-refractivity contribution in [3.63, 3.8) is 0 Å². The molecule has 1 fully saturated rings. The van der Waals surface area contributed by atoms with Crippen molar-refractivity contribution in [1.82, 2.24) is 14.5 Å². The predicted octanol–water partition coefficient (Wildman–Crippen LogP) is 1.03. The van der Waals surface area contributed by atoms with Crippen molar-refractivity contribution in [3.8, 4) is 0 Å². The molecule has 0 aromatic heterocycles. The Bertz CT molecular complexity index is 608. The molecule has 0 unspecified atom stereocenters. The highest BCUT2D eigenvalue weighted by molar-refractivity contribution is 7.88. The first-order valence-electron chi connectivity index (χ1n) is 7.18. The van der Waals surface area contributed by atoms with Crippen LogP contribution < -0.4 is 5.32 Å². The number of sulfonamides is 1. The molecule has 1 heterocycles. The van der Waals surface area contributed by atoms with Crippen LogP contribution in [0.3, 0.4) is 0 Å². The number of nitrogens with zero attached hydrogens (tertiary/aromatic N) is 2. The first kappa shape index (κ1) is 16.5. The summed E-state index contributed by atoms with van der Waals surface area (Å²) >= 11 is 0. The SMILES string of the molecule is C=CCNC(=O)N1CCN(S(=O)(=O)Cc2ccccc2)CC1. The fourth-order valence-corrected chi connectivity index (χ4v) is 3.83. The zero-order valence-electron chi connectivity index (χ0n) is 12.4. The highest BCUT2D eigenvalue weighted by Crippen LogP contribution is 2.13. The van der Waals surface area contributed by atoms with Gasteiger partial charge in [-0.1, -0.05) is 36.4 Å². The molecule has 7 heteroatoms. The van der Waals surface area contributed by atoms with E-state index in [0.29, 0.717) is 32.7 Å². The highest BCUT2D eigenvalue weighted by atomic mass is 32.2. The summed E-state index contributed by atoms with van der Waals surface area (Å²) in [5.74, 6) is -0.00347. The minimum Gasteiger partial charge on any atom is -0.335 e. The second-order valence-electron chi connectivity index (χ2n) is 5.10. The van der Waals surface area contributed by atoms with Gasteiger partial charge < -0.3 is 10.2 Å². The first-order chi connectivity index (χ1) is 10.5. The quantitative estimate of drug-likeness (QED) is 0.823. The van der Waals surface area contributed by atoms with Crippen molar-refractivity contribution in [2.24, 2.45) is 0 Å². The molecular formula is C15H21N3O3S. The smallest absolute Gasteiger partial charge is 0.317 e. The summed E-state index contributed by atoms with van der Waals surface area (Å²) < 4.78 is 26.2. The number of amides is 2. The molecular weight excluding hydrogens is 302 g/mol. The zero-order valence-corrected chi connectivity index (χ0v) is 13.3. The predicted molar refractivity (Wildman–Crippen MR) is 85.8 cm³/mol. The summed E-state index contributed by atoms with van der Waals surface area (Å²) in [6.45, 7) is 5.41. The molecule has 0 bridgehead atoms. The van der Waals surface area contributed by atoms with Crippen molar-refractivity contribution in [2.75, 3.05) is 32.7 Å². The van der Waals surface area contributed by atoms with Gasteiger partial charge in [0.15, 0.2) is 0 Å². The number of carbonyl (C=O) groups excluding carboxylic acids is 1. The number of benzene rings is 1. The summed E-state index contributed by atoms with van der Waals surface area (Å²) in [4.78, 5) is 13.4. The molecule has 0 saturated carbocycles. The molecule has 2 amide bonds. The summed E-state index contributed by atoms with van der Waals surface area (Å²) in [6, 6.07) is 8.93. The molecule has 0 radical (unpaired) electrons. The second-order valence-corrected chi connectivity index (χ2v) is 7.07. The van der Waals surface area contributed by atoms with Crippen molar-refractivity contribution < 1.29 is 13.2 Å². The van der Waals surface area contributed by atoms with Gasteiger partial charge in [0.25, 0.3) is 0 Å². The lowest BCUT2D eigenvalue weighted by molar-refractivity contribution is 0.173. The number of urea groups is 1. The number of nitrogens with one attached hydrogen (secondary N) is 1. The van der Waals surface area contributed by atoms with Gasteiger partial charge in [0.1, 0.15) is 0 Å². The third-order valence-corrected chi connectivity index (χ3v) is 5.36. The summed E-state index contributed by atoms with van der Waals surface area (Å²) in [5, 5.41) is 2.70. The van der Waals surface area contributed by atoms with E-state index < -0.39 is 10.0 Å². The monoisotopic (exact) mass is 323 g/mol. The Balaban J connectivity index is 1.90. The van der Waals surface area contributed by atoms with Gasteiger partial charge in [0.05, 0.1) is 5.75 Å². The molecule has 1 aliphatic rings. The molecule has 0 atom stereocenters. The number of piperazine rings is 1. The van der Waals surface area contributed by atoms with E-state index in [9.17, 15) is 13.2 Å². The van der Waals surface area contributed by atoms with Crippen LogP contribution in [0.5, 0.6) is 0 Å². The minimum absolute atomic E-state index is 0.00347. The fraction of sp³-hybridized carbons (Fsp3) is 0.400. The van der Waals surface area contributed by atoms with Crippen LogP contribution in [0.15, 0.2) is 43.0 Å². The van der Waals surface area contributed by atoms with Crippen molar-refractivity contribution >= 4 is 16.1 Å². The van der Waals surface area contributed by atoms with E-state index in [1.54, 1.807) is 23.1 Å². The standard InChI is InChI=1S/C15H21N3O3S/c1-2-8-16-15(19)17-9-11-18(12-10-17)22(20,21)13-14-6-4-3-5-7-14/h2-7H,1,8-13H2,(H,16,19). The van der Waals surface area contributed by atoms with Gasteiger partial charge >= 0.3 is 6.03 Å². The van der Waals surface area contributed by atoms with Crippen molar-refractivity contribution in [1.29, 1.82) is 0 Å². The topological polar surface area (TPSA) is 69.7 Å². The van der Waals surface area contributed by atoms with E-state index in [0.717, 1.165) is 5.56 Å². The van der Waals surface area contributed by atoms with E-state index >= 15 is 0 Å². The molecule has 22 heavy (non-hydrogen) atoms. The van der Waals surface area contributed by atoms with Crippen LogP contribution in [-0.2, 0) is 15.8 Å². The van der Waals surface area contributed by atoms with Gasteiger partial charge in [-0.2, -0.15) is 4.31 Å². The molecule has 1 aromatic rings. The minimum atomic E-state index is -3.34. The lowest BCUT2D eigenvalue weighted by atomic mass is 10.2. The van der Waals surface area contributed by atoms with Crippen LogP contribution in [0.1, 0.15) is 5.56 Å². The Labute approximate surface area is 131 Å². The molecule has 1 aliphatic heterocycles. The normalized spacial score (nSPS) is 16.3. The molecule has 1 N–H and O–H groups in total. The van der Waals surface area contributed by atoms with Gasteiger partial charge in [-0.25, -0.2) is 13.2 Å². The van der Waals surface area contributed by atoms with Crippen LogP contribution in [-0.4, -0.2) is 56.4 Å². The van der Waals surface area contributed by atoms with Gasteiger partial charge in [0.2, 0.25) is 10.0 Å². The summed E-state index contributed by atoms with van der Waals surface area (Å²) in [7, 11) is -3.34. The van der Waals surface area contributed by atoms with Crippen molar-refractivity contribution in [2.45, 2.75) is 5.75 Å². The third kappa shape index (κ3) is 4.32. The maximum atomic E-state index is 12.4. The molecule has 0 aliphatic carbocycles. The maximum absolute atomic E-state index is 12.4. The fourth-order valence-electron chi connectivity index (χ4n) is 2.32. The Morgan fingerprint density at radius 3 is 2.41 bits per heavy atom. The zero-order chi connectivity index (χ0) is 16.0. The Morgan fingerprint density at radius 2 is 1.82 bits per heavy atom. The van der Waals surface area contributed by atoms with Crippen LogP contribution >= 0.6 is 0 Å². The lowest BCUT2D eigenvalue weighted by Crippen LogP contribution is -2.53. The van der Waals surface area contributed by atoms with Gasteiger partial charge in [-0.15, -0.1) is 6.58 Å². The number of hydrogen-bond donors (Lipinski definition) is 1. The number of carbonyl (C=O) groups is 1. The second kappa shape index (κ2) is 7.42. The van der Waals surface area contributed by atoms with E-state index in [-0.39, 0.29) is 11.8 Å². The van der Waals surface area contributed by atoms with Crippen LogP contribution in [0.25, 0.3) is 0 Å². The molecule has 120 valence electrons. The molecule has 1 aromatic carbocycles. The van der Waals surface area contributed by atoms with E-state index in [1.807, 2.05) is 18.2 Å². The number of rotatable bonds is 5. The highest BCUT2D eigenvalue weighted by Gasteiger charge is 2.28. The Hall–Kier alpha value is -1.86. The largest absolute Gasteiger partial charge is 0.335 e. The van der Waals surface area contributed by atoms with Gasteiger partial charge in [-0.05, 0) is 5.56 Å². The van der Waals surface area contributed by atoms with Crippen LogP contribution in [0, 0.1) is 0 Å². The first-order valence-corrected chi connectivity index (χ1v) is 8.79. The summed E-state index contributed by atoms with van der Waals surface area (Å²) in [5.41, 5.74) is 0.772. The maximum Gasteiger partial charge on any atom is 0.317 e. The Morgan fingerprint density at radius 1 is 1.18 bits per heavy atom. The average molecular weight is 323 g/mol. The molecule has 1 saturated heterocycles. The van der Waals surface area contributed by atoms with E-state index in [4.69, 9.17) is 0 Å².